The first-order valence-corrected chi connectivity index (χ1v) is 4.54. The van der Waals surface area contributed by atoms with Crippen LogP contribution in [0.3, 0.4) is 0 Å². The Hall–Kier alpha value is -0.0400. The largest absolute Gasteiger partial charge is 0.298 e. The first kappa shape index (κ1) is 9.05. The minimum absolute atomic E-state index is 0.221. The van der Waals surface area contributed by atoms with Crippen molar-refractivity contribution in [1.29, 1.82) is 0 Å². The molecule has 1 nitrogen and oxygen atoms in total. The summed E-state index contributed by atoms with van der Waals surface area (Å²) in [6.45, 7) is 6.49. The van der Waals surface area contributed by atoms with Crippen LogP contribution in [0, 0.1) is 11.3 Å². The first-order chi connectivity index (χ1) is 4.93. The highest BCUT2D eigenvalue weighted by Gasteiger charge is 2.37. The molecule has 1 fully saturated rings. The Labute approximate surface area is 73.1 Å². The summed E-state index contributed by atoms with van der Waals surface area (Å²) >= 11 is 5.87. The van der Waals surface area contributed by atoms with Crippen molar-refractivity contribution in [1.82, 2.24) is 0 Å². The van der Waals surface area contributed by atoms with Crippen molar-refractivity contribution < 1.29 is 4.79 Å². The summed E-state index contributed by atoms with van der Waals surface area (Å²) in [5, 5.41) is -0.235. The molecule has 0 aromatic heterocycles. The third-order valence-corrected chi connectivity index (χ3v) is 3.29. The summed E-state index contributed by atoms with van der Waals surface area (Å²) in [7, 11) is 0. The fourth-order valence-electron chi connectivity index (χ4n) is 1.48. The normalized spacial score (nSPS) is 37.3. The zero-order chi connectivity index (χ0) is 8.65. The summed E-state index contributed by atoms with van der Waals surface area (Å²) in [6, 6.07) is 0. The number of halogens is 1. The van der Waals surface area contributed by atoms with Crippen LogP contribution in [0.25, 0.3) is 0 Å². The molecule has 0 bridgehead atoms. The number of alkyl halides is 1. The average molecular weight is 175 g/mol. The highest BCUT2D eigenvalue weighted by molar-refractivity contribution is 6.31. The van der Waals surface area contributed by atoms with E-state index in [0.717, 1.165) is 6.42 Å². The van der Waals surface area contributed by atoms with Gasteiger partial charge in [0.2, 0.25) is 0 Å². The molecular formula is C9H15ClO. The molecule has 2 heteroatoms. The van der Waals surface area contributed by atoms with Crippen LogP contribution in [0.4, 0.5) is 0 Å². The SMILES string of the molecule is C[C@@H]1CC(=O)[C@@H](Cl)CC1(C)C. The molecule has 1 saturated carbocycles. The van der Waals surface area contributed by atoms with Gasteiger partial charge in [-0.3, -0.25) is 4.79 Å². The third kappa shape index (κ3) is 1.76. The van der Waals surface area contributed by atoms with E-state index in [1.54, 1.807) is 0 Å². The Morgan fingerprint density at radius 2 is 2.09 bits per heavy atom. The predicted molar refractivity (Wildman–Crippen MR) is 46.8 cm³/mol. The highest BCUT2D eigenvalue weighted by atomic mass is 35.5. The van der Waals surface area contributed by atoms with Gasteiger partial charge in [-0.25, -0.2) is 0 Å². The molecule has 1 aliphatic carbocycles. The Kier molecular flexibility index (Phi) is 2.29. The maximum Gasteiger partial charge on any atom is 0.150 e. The van der Waals surface area contributed by atoms with Gasteiger partial charge in [-0.15, -0.1) is 11.6 Å². The van der Waals surface area contributed by atoms with Gasteiger partial charge >= 0.3 is 0 Å². The minimum atomic E-state index is -0.235. The molecule has 1 aliphatic rings. The monoisotopic (exact) mass is 174 g/mol. The van der Waals surface area contributed by atoms with E-state index in [4.69, 9.17) is 11.6 Å². The topological polar surface area (TPSA) is 17.1 Å². The van der Waals surface area contributed by atoms with Crippen LogP contribution in [0.1, 0.15) is 33.6 Å². The van der Waals surface area contributed by atoms with Crippen molar-refractivity contribution in [2.75, 3.05) is 0 Å². The Morgan fingerprint density at radius 1 is 1.55 bits per heavy atom. The second kappa shape index (κ2) is 2.78. The van der Waals surface area contributed by atoms with Crippen molar-refractivity contribution in [3.8, 4) is 0 Å². The van der Waals surface area contributed by atoms with E-state index in [9.17, 15) is 4.79 Å². The summed E-state index contributed by atoms with van der Waals surface area (Å²) in [5.41, 5.74) is 0.236. The molecule has 0 heterocycles. The summed E-state index contributed by atoms with van der Waals surface area (Å²) < 4.78 is 0. The van der Waals surface area contributed by atoms with E-state index in [1.807, 2.05) is 0 Å². The number of Topliss-reactive ketones (excluding diaryl/α,β-unsaturated/α-hetero) is 1. The van der Waals surface area contributed by atoms with Crippen LogP contribution in [0.2, 0.25) is 0 Å². The van der Waals surface area contributed by atoms with Crippen LogP contribution in [0.15, 0.2) is 0 Å². The standard InChI is InChI=1S/C9H15ClO/c1-6-4-8(11)7(10)5-9(6,2)3/h6-7H,4-5H2,1-3H3/t6-,7+/m1/s1. The molecule has 0 radical (unpaired) electrons. The van der Waals surface area contributed by atoms with E-state index in [0.29, 0.717) is 12.3 Å². The minimum Gasteiger partial charge on any atom is -0.298 e. The summed E-state index contributed by atoms with van der Waals surface area (Å²) in [6.07, 6.45) is 1.48. The van der Waals surface area contributed by atoms with Gasteiger partial charge in [0.05, 0.1) is 5.38 Å². The molecule has 0 aliphatic heterocycles. The van der Waals surface area contributed by atoms with Crippen molar-refractivity contribution in [2.24, 2.45) is 11.3 Å². The van der Waals surface area contributed by atoms with Gasteiger partial charge in [0.1, 0.15) is 0 Å². The number of hydrogen-bond donors (Lipinski definition) is 0. The molecule has 0 unspecified atom stereocenters. The van der Waals surface area contributed by atoms with Gasteiger partial charge in [0, 0.05) is 6.42 Å². The molecule has 2 atom stereocenters. The van der Waals surface area contributed by atoms with Gasteiger partial charge in [0.25, 0.3) is 0 Å². The van der Waals surface area contributed by atoms with Crippen LogP contribution >= 0.6 is 11.6 Å². The van der Waals surface area contributed by atoms with Crippen LogP contribution < -0.4 is 0 Å². The fourth-order valence-corrected chi connectivity index (χ4v) is 1.97. The number of carbonyl (C=O) groups is 1. The van der Waals surface area contributed by atoms with Crippen molar-refractivity contribution >= 4 is 17.4 Å². The van der Waals surface area contributed by atoms with E-state index in [1.165, 1.54) is 0 Å². The lowest BCUT2D eigenvalue weighted by molar-refractivity contribution is -0.123. The van der Waals surface area contributed by atoms with Gasteiger partial charge in [-0.2, -0.15) is 0 Å². The summed E-state index contributed by atoms with van der Waals surface area (Å²) in [5.74, 6) is 0.698. The summed E-state index contributed by atoms with van der Waals surface area (Å²) in [4.78, 5) is 11.2. The maximum atomic E-state index is 11.2. The van der Waals surface area contributed by atoms with Crippen molar-refractivity contribution in [3.05, 3.63) is 0 Å². The molecule has 0 spiro atoms. The van der Waals surface area contributed by atoms with Gasteiger partial charge in [-0.05, 0) is 17.8 Å². The molecule has 0 aromatic carbocycles. The maximum absolute atomic E-state index is 11.2. The quantitative estimate of drug-likeness (QED) is 0.516. The lowest BCUT2D eigenvalue weighted by Gasteiger charge is -2.37. The zero-order valence-electron chi connectivity index (χ0n) is 7.36. The molecule has 64 valence electrons. The van der Waals surface area contributed by atoms with E-state index < -0.39 is 0 Å². The smallest absolute Gasteiger partial charge is 0.150 e. The second-order valence-electron chi connectivity index (χ2n) is 4.23. The molecule has 1 rings (SSSR count). The third-order valence-electron chi connectivity index (χ3n) is 2.90. The molecular weight excluding hydrogens is 160 g/mol. The zero-order valence-corrected chi connectivity index (χ0v) is 8.11. The van der Waals surface area contributed by atoms with E-state index >= 15 is 0 Å². The van der Waals surface area contributed by atoms with Gasteiger partial charge in [-0.1, -0.05) is 20.8 Å². The molecule has 0 saturated heterocycles. The second-order valence-corrected chi connectivity index (χ2v) is 4.76. The number of rotatable bonds is 0. The Balaban J connectivity index is 2.70. The first-order valence-electron chi connectivity index (χ1n) is 4.10. The van der Waals surface area contributed by atoms with Crippen molar-refractivity contribution in [3.63, 3.8) is 0 Å². The van der Waals surface area contributed by atoms with Gasteiger partial charge < -0.3 is 0 Å². The van der Waals surface area contributed by atoms with Gasteiger partial charge in [0.15, 0.2) is 5.78 Å². The molecule has 11 heavy (non-hydrogen) atoms. The van der Waals surface area contributed by atoms with Crippen molar-refractivity contribution in [2.45, 2.75) is 39.0 Å². The molecule has 0 aromatic rings. The average Bonchev–Trinajstić information content (AvgIpc) is 1.83. The van der Waals surface area contributed by atoms with E-state index in [2.05, 4.69) is 20.8 Å². The van der Waals surface area contributed by atoms with Crippen LogP contribution in [0.5, 0.6) is 0 Å². The molecule has 0 amide bonds. The molecule has 0 N–H and O–H groups in total. The van der Waals surface area contributed by atoms with Crippen LogP contribution in [-0.2, 0) is 4.79 Å². The Bertz CT molecular complexity index is 174. The fraction of sp³-hybridized carbons (Fsp3) is 0.889. The Morgan fingerprint density at radius 3 is 2.55 bits per heavy atom. The van der Waals surface area contributed by atoms with Crippen LogP contribution in [-0.4, -0.2) is 11.2 Å². The number of carbonyl (C=O) groups excluding carboxylic acids is 1. The highest BCUT2D eigenvalue weighted by Crippen LogP contribution is 2.40. The predicted octanol–water partition coefficient (Wildman–Crippen LogP) is 2.62. The number of hydrogen-bond acceptors (Lipinski definition) is 1. The van der Waals surface area contributed by atoms with E-state index in [-0.39, 0.29) is 16.6 Å². The lowest BCUT2D eigenvalue weighted by Crippen LogP contribution is -2.36. The number of ketones is 1. The lowest BCUT2D eigenvalue weighted by atomic mass is 9.69.